The van der Waals surface area contributed by atoms with Gasteiger partial charge in [-0.2, -0.15) is 5.10 Å². The molecule has 0 saturated heterocycles. The summed E-state index contributed by atoms with van der Waals surface area (Å²) in [5, 5.41) is 18.3. The van der Waals surface area contributed by atoms with Crippen LogP contribution < -0.4 is 5.32 Å². The number of fused-ring (bicyclic) bond motifs is 1. The van der Waals surface area contributed by atoms with Crippen LogP contribution in [0.15, 0.2) is 18.3 Å². The molecular formula is C12H13ClN4O3. The lowest BCUT2D eigenvalue weighted by Crippen LogP contribution is -2.28. The summed E-state index contributed by atoms with van der Waals surface area (Å²) in [4.78, 5) is 21.9. The standard InChI is InChI=1S/C12H13ClN4O3/c1-2-3-14-11(18)7-16-12-8(6-15-16)4-9(17(19)20)5-10(12)13/h4-6H,2-3,7H2,1H3,(H,14,18). The van der Waals surface area contributed by atoms with Crippen LogP contribution in [0, 0.1) is 10.1 Å². The lowest BCUT2D eigenvalue weighted by Gasteiger charge is -2.06. The molecule has 0 aliphatic carbocycles. The van der Waals surface area contributed by atoms with Crippen molar-refractivity contribution in [1.29, 1.82) is 0 Å². The highest BCUT2D eigenvalue weighted by atomic mass is 35.5. The first-order chi connectivity index (χ1) is 9.52. The van der Waals surface area contributed by atoms with Gasteiger partial charge in [-0.15, -0.1) is 0 Å². The number of benzene rings is 1. The number of aromatic nitrogens is 2. The third-order valence-electron chi connectivity index (χ3n) is 2.75. The molecule has 1 aromatic heterocycles. The van der Waals surface area contributed by atoms with Crippen molar-refractivity contribution in [3.8, 4) is 0 Å². The van der Waals surface area contributed by atoms with Crippen LogP contribution >= 0.6 is 11.6 Å². The van der Waals surface area contributed by atoms with E-state index in [-0.39, 0.29) is 23.2 Å². The Morgan fingerprint density at radius 1 is 1.55 bits per heavy atom. The van der Waals surface area contributed by atoms with Crippen LogP contribution in [0.1, 0.15) is 13.3 Å². The van der Waals surface area contributed by atoms with Gasteiger partial charge in [0.25, 0.3) is 5.69 Å². The van der Waals surface area contributed by atoms with Crippen LogP contribution in [0.2, 0.25) is 5.02 Å². The van der Waals surface area contributed by atoms with E-state index in [1.165, 1.54) is 23.0 Å². The van der Waals surface area contributed by atoms with Crippen molar-refractivity contribution < 1.29 is 9.72 Å². The van der Waals surface area contributed by atoms with Crippen LogP contribution in [-0.2, 0) is 11.3 Å². The Kier molecular flexibility index (Phi) is 4.19. The van der Waals surface area contributed by atoms with Crippen molar-refractivity contribution in [2.24, 2.45) is 0 Å². The number of nitro groups is 1. The summed E-state index contributed by atoms with van der Waals surface area (Å²) in [6.07, 6.45) is 2.31. The number of halogens is 1. The van der Waals surface area contributed by atoms with Gasteiger partial charge in [-0.25, -0.2) is 0 Å². The lowest BCUT2D eigenvalue weighted by atomic mass is 10.2. The maximum atomic E-state index is 11.7. The number of rotatable bonds is 5. The van der Waals surface area contributed by atoms with Gasteiger partial charge >= 0.3 is 0 Å². The molecule has 0 saturated carbocycles. The molecule has 2 rings (SSSR count). The second kappa shape index (κ2) is 5.87. The van der Waals surface area contributed by atoms with Gasteiger partial charge < -0.3 is 5.32 Å². The third kappa shape index (κ3) is 2.88. The molecule has 2 aromatic rings. The summed E-state index contributed by atoms with van der Waals surface area (Å²) < 4.78 is 1.44. The molecule has 0 radical (unpaired) electrons. The molecule has 0 fully saturated rings. The van der Waals surface area contributed by atoms with E-state index in [9.17, 15) is 14.9 Å². The molecule has 0 atom stereocenters. The molecule has 0 aliphatic heterocycles. The summed E-state index contributed by atoms with van der Waals surface area (Å²) in [5.41, 5.74) is 0.418. The first-order valence-corrected chi connectivity index (χ1v) is 6.47. The van der Waals surface area contributed by atoms with Gasteiger partial charge in [0.2, 0.25) is 5.91 Å². The topological polar surface area (TPSA) is 90.1 Å². The fourth-order valence-electron chi connectivity index (χ4n) is 1.85. The first-order valence-electron chi connectivity index (χ1n) is 6.09. The van der Waals surface area contributed by atoms with Crippen molar-refractivity contribution in [2.45, 2.75) is 19.9 Å². The van der Waals surface area contributed by atoms with Gasteiger partial charge in [-0.3, -0.25) is 19.6 Å². The second-order valence-corrected chi connectivity index (χ2v) is 4.68. The first kappa shape index (κ1) is 14.3. The Balaban J connectivity index is 2.32. The summed E-state index contributed by atoms with van der Waals surface area (Å²) in [6, 6.07) is 2.64. The van der Waals surface area contributed by atoms with Gasteiger partial charge in [0, 0.05) is 24.1 Å². The minimum Gasteiger partial charge on any atom is -0.355 e. The average Bonchev–Trinajstić information content (AvgIpc) is 2.79. The van der Waals surface area contributed by atoms with E-state index < -0.39 is 4.92 Å². The van der Waals surface area contributed by atoms with E-state index >= 15 is 0 Å². The molecule has 8 heteroatoms. The van der Waals surface area contributed by atoms with E-state index in [4.69, 9.17) is 11.6 Å². The normalized spacial score (nSPS) is 10.7. The molecule has 1 aromatic carbocycles. The summed E-state index contributed by atoms with van der Waals surface area (Å²) >= 11 is 6.04. The van der Waals surface area contributed by atoms with Gasteiger partial charge in [-0.1, -0.05) is 18.5 Å². The van der Waals surface area contributed by atoms with Crippen molar-refractivity contribution >= 4 is 34.1 Å². The number of hydrogen-bond acceptors (Lipinski definition) is 4. The molecule has 1 heterocycles. The molecular weight excluding hydrogens is 284 g/mol. The number of nitrogens with zero attached hydrogens (tertiary/aromatic N) is 3. The maximum Gasteiger partial charge on any atom is 0.271 e. The number of carbonyl (C=O) groups is 1. The zero-order valence-electron chi connectivity index (χ0n) is 10.8. The SMILES string of the molecule is CCCNC(=O)Cn1ncc2cc([N+](=O)[O-])cc(Cl)c21. The highest BCUT2D eigenvalue weighted by Gasteiger charge is 2.15. The summed E-state index contributed by atoms with van der Waals surface area (Å²) in [7, 11) is 0. The van der Waals surface area contributed by atoms with Crippen LogP contribution in [-0.4, -0.2) is 27.2 Å². The largest absolute Gasteiger partial charge is 0.355 e. The number of carbonyl (C=O) groups excluding carboxylic acids is 1. The highest BCUT2D eigenvalue weighted by molar-refractivity contribution is 6.35. The molecule has 0 aliphatic rings. The van der Waals surface area contributed by atoms with Crippen molar-refractivity contribution in [2.75, 3.05) is 6.54 Å². The average molecular weight is 297 g/mol. The van der Waals surface area contributed by atoms with Crippen LogP contribution in [0.25, 0.3) is 10.9 Å². The molecule has 106 valence electrons. The number of amides is 1. The van der Waals surface area contributed by atoms with E-state index in [1.807, 2.05) is 6.92 Å². The van der Waals surface area contributed by atoms with Gasteiger partial charge in [-0.05, 0) is 6.42 Å². The van der Waals surface area contributed by atoms with E-state index in [1.54, 1.807) is 0 Å². The van der Waals surface area contributed by atoms with E-state index in [2.05, 4.69) is 10.4 Å². The predicted octanol–water partition coefficient (Wildman–Crippen LogP) is 2.12. The number of non-ortho nitro benzene ring substituents is 1. The fraction of sp³-hybridized carbons (Fsp3) is 0.333. The van der Waals surface area contributed by atoms with Gasteiger partial charge in [0.05, 0.1) is 21.7 Å². The van der Waals surface area contributed by atoms with Crippen LogP contribution in [0.3, 0.4) is 0 Å². The Morgan fingerprint density at radius 2 is 2.30 bits per heavy atom. The van der Waals surface area contributed by atoms with Gasteiger partial charge in [0.1, 0.15) is 6.54 Å². The summed E-state index contributed by atoms with van der Waals surface area (Å²) in [5.74, 6) is -0.175. The highest BCUT2D eigenvalue weighted by Crippen LogP contribution is 2.28. The van der Waals surface area contributed by atoms with Crippen molar-refractivity contribution in [1.82, 2.24) is 15.1 Å². The monoisotopic (exact) mass is 296 g/mol. The molecule has 0 spiro atoms. The molecule has 1 N–H and O–H groups in total. The van der Waals surface area contributed by atoms with Gasteiger partial charge in [0.15, 0.2) is 0 Å². The maximum absolute atomic E-state index is 11.7. The predicted molar refractivity (Wildman–Crippen MR) is 74.7 cm³/mol. The summed E-state index contributed by atoms with van der Waals surface area (Å²) in [6.45, 7) is 2.58. The molecule has 0 unspecified atom stereocenters. The quantitative estimate of drug-likeness (QED) is 0.676. The second-order valence-electron chi connectivity index (χ2n) is 4.27. The van der Waals surface area contributed by atoms with E-state index in [0.29, 0.717) is 17.4 Å². The number of nitro benzene ring substituents is 1. The smallest absolute Gasteiger partial charge is 0.271 e. The Hall–Kier alpha value is -2.15. The van der Waals surface area contributed by atoms with Crippen molar-refractivity contribution in [3.05, 3.63) is 33.5 Å². The molecule has 20 heavy (non-hydrogen) atoms. The zero-order valence-corrected chi connectivity index (χ0v) is 11.6. The van der Waals surface area contributed by atoms with Crippen LogP contribution in [0.5, 0.6) is 0 Å². The van der Waals surface area contributed by atoms with E-state index in [0.717, 1.165) is 6.42 Å². The fourth-order valence-corrected chi connectivity index (χ4v) is 2.17. The number of nitrogens with one attached hydrogen (secondary N) is 1. The molecule has 0 bridgehead atoms. The van der Waals surface area contributed by atoms with Crippen LogP contribution in [0.4, 0.5) is 5.69 Å². The minimum absolute atomic E-state index is 0.0288. The van der Waals surface area contributed by atoms with Crippen molar-refractivity contribution in [3.63, 3.8) is 0 Å². The Bertz CT molecular complexity index is 668. The minimum atomic E-state index is -0.517. The Morgan fingerprint density at radius 3 is 2.95 bits per heavy atom. The molecule has 1 amide bonds. The Labute approximate surface area is 119 Å². The molecule has 7 nitrogen and oxygen atoms in total. The lowest BCUT2D eigenvalue weighted by molar-refractivity contribution is -0.384. The third-order valence-corrected chi connectivity index (χ3v) is 3.04. The zero-order chi connectivity index (χ0) is 14.7. The number of hydrogen-bond donors (Lipinski definition) is 1.